The molecule has 0 fully saturated rings. The third kappa shape index (κ3) is 4.10. The second-order valence-electron chi connectivity index (χ2n) is 8.58. The van der Waals surface area contributed by atoms with E-state index in [0.29, 0.717) is 29.9 Å². The fourth-order valence-corrected chi connectivity index (χ4v) is 4.57. The summed E-state index contributed by atoms with van der Waals surface area (Å²) in [6, 6.07) is 13.1. The van der Waals surface area contributed by atoms with Gasteiger partial charge in [-0.25, -0.2) is 9.78 Å². The number of rotatable bonds is 7. The van der Waals surface area contributed by atoms with Crippen molar-refractivity contribution in [3.05, 3.63) is 84.6 Å². The van der Waals surface area contributed by atoms with Crippen molar-refractivity contribution < 1.29 is 9.59 Å². The fourth-order valence-electron chi connectivity index (χ4n) is 4.57. The lowest BCUT2D eigenvalue weighted by molar-refractivity contribution is 0.104. The molecule has 1 N–H and O–H groups in total. The summed E-state index contributed by atoms with van der Waals surface area (Å²) >= 11 is 0. The molecule has 7 heteroatoms. The van der Waals surface area contributed by atoms with E-state index in [1.807, 2.05) is 47.4 Å². The molecule has 0 unspecified atom stereocenters. The van der Waals surface area contributed by atoms with E-state index < -0.39 is 0 Å². The van der Waals surface area contributed by atoms with E-state index in [4.69, 9.17) is 0 Å². The minimum absolute atomic E-state index is 0.0633. The van der Waals surface area contributed by atoms with Crippen molar-refractivity contribution in [2.45, 2.75) is 26.7 Å². The van der Waals surface area contributed by atoms with Crippen LogP contribution in [0.25, 0.3) is 33.1 Å². The first kappa shape index (κ1) is 22.5. The number of H-pyrrole nitrogens is 1. The topological polar surface area (TPSA) is 83.9 Å². The minimum atomic E-state index is -0.111. The van der Waals surface area contributed by atoms with Gasteiger partial charge in [0.2, 0.25) is 0 Å². The smallest absolute Gasteiger partial charge is 0.328 e. The fraction of sp³-hybridized carbons (Fsp3) is 0.214. The highest BCUT2D eigenvalue weighted by atomic mass is 16.2. The molecule has 0 aliphatic heterocycles. The van der Waals surface area contributed by atoms with Crippen LogP contribution < -0.4 is 0 Å². The number of benzene rings is 1. The molecule has 176 valence electrons. The van der Waals surface area contributed by atoms with Crippen molar-refractivity contribution in [2.24, 2.45) is 0 Å². The summed E-state index contributed by atoms with van der Waals surface area (Å²) in [5, 5.41) is 1.51. The summed E-state index contributed by atoms with van der Waals surface area (Å²) in [7, 11) is 0. The lowest BCUT2D eigenvalue weighted by Gasteiger charge is -2.22. The van der Waals surface area contributed by atoms with Crippen LogP contribution in [0.3, 0.4) is 0 Å². The highest BCUT2D eigenvalue weighted by molar-refractivity contribution is 6.21. The molecule has 4 aromatic heterocycles. The zero-order valence-electron chi connectivity index (χ0n) is 19.9. The van der Waals surface area contributed by atoms with Gasteiger partial charge in [0, 0.05) is 71.5 Å². The molecule has 5 rings (SSSR count). The molecule has 0 saturated carbocycles. The summed E-state index contributed by atoms with van der Waals surface area (Å²) in [6.45, 7) is 5.54. The molecule has 35 heavy (non-hydrogen) atoms. The van der Waals surface area contributed by atoms with E-state index in [0.717, 1.165) is 40.3 Å². The van der Waals surface area contributed by atoms with Gasteiger partial charge in [-0.2, -0.15) is 0 Å². The van der Waals surface area contributed by atoms with E-state index in [1.54, 1.807) is 35.6 Å². The van der Waals surface area contributed by atoms with Gasteiger partial charge in [0.1, 0.15) is 5.65 Å². The summed E-state index contributed by atoms with van der Waals surface area (Å²) in [6.07, 6.45) is 10.5. The number of carbonyl (C=O) groups excluding carboxylic acids is 2. The number of aromatic nitrogens is 4. The number of hydrogen-bond donors (Lipinski definition) is 1. The molecular formula is C28H27N5O2. The van der Waals surface area contributed by atoms with Gasteiger partial charge in [-0.15, -0.1) is 0 Å². The van der Waals surface area contributed by atoms with Crippen LogP contribution in [0.15, 0.2) is 73.4 Å². The molecule has 0 atom stereocenters. The van der Waals surface area contributed by atoms with Crippen molar-refractivity contribution in [3.8, 4) is 11.1 Å². The van der Waals surface area contributed by atoms with Crippen molar-refractivity contribution in [3.63, 3.8) is 0 Å². The number of aromatic amines is 1. The van der Waals surface area contributed by atoms with E-state index >= 15 is 0 Å². The van der Waals surface area contributed by atoms with Crippen molar-refractivity contribution in [1.82, 2.24) is 24.4 Å². The second-order valence-corrected chi connectivity index (χ2v) is 8.58. The Hall–Kier alpha value is -4.26. The average Bonchev–Trinajstić information content (AvgIpc) is 3.52. The Kier molecular flexibility index (Phi) is 6.14. The van der Waals surface area contributed by atoms with Crippen LogP contribution in [-0.2, 0) is 0 Å². The van der Waals surface area contributed by atoms with E-state index in [1.165, 1.54) is 0 Å². The Morgan fingerprint density at radius 2 is 1.71 bits per heavy atom. The molecule has 0 spiro atoms. The molecule has 0 radical (unpaired) electrons. The highest BCUT2D eigenvalue weighted by Gasteiger charge is 2.21. The number of nitrogens with one attached hydrogen (secondary N) is 1. The van der Waals surface area contributed by atoms with Crippen molar-refractivity contribution in [2.75, 3.05) is 13.1 Å². The highest BCUT2D eigenvalue weighted by Crippen LogP contribution is 2.28. The number of nitrogens with zero attached hydrogens (tertiary/aromatic N) is 4. The quantitative estimate of drug-likeness (QED) is 0.303. The first-order valence-corrected chi connectivity index (χ1v) is 11.9. The molecule has 1 aromatic carbocycles. The van der Waals surface area contributed by atoms with Gasteiger partial charge in [-0.05, 0) is 48.7 Å². The molecule has 4 heterocycles. The van der Waals surface area contributed by atoms with Crippen LogP contribution in [0, 0.1) is 0 Å². The number of hydrogen-bond acceptors (Lipinski definition) is 4. The number of ketones is 1. The van der Waals surface area contributed by atoms with Gasteiger partial charge in [-0.1, -0.05) is 26.0 Å². The van der Waals surface area contributed by atoms with E-state index in [2.05, 4.69) is 28.8 Å². The Labute approximate surface area is 203 Å². The van der Waals surface area contributed by atoms with Crippen LogP contribution >= 0.6 is 0 Å². The van der Waals surface area contributed by atoms with Gasteiger partial charge < -0.3 is 9.88 Å². The predicted octanol–water partition coefficient (Wildman–Crippen LogP) is 5.90. The molecule has 0 bridgehead atoms. The number of amides is 1. The molecule has 0 aliphatic carbocycles. The van der Waals surface area contributed by atoms with Crippen LogP contribution in [0.1, 0.15) is 42.6 Å². The third-order valence-corrected chi connectivity index (χ3v) is 6.23. The first-order chi connectivity index (χ1) is 17.1. The minimum Gasteiger partial charge on any atom is -0.345 e. The summed E-state index contributed by atoms with van der Waals surface area (Å²) in [4.78, 5) is 40.6. The standard InChI is InChI=1S/C28H27N5O2/c1-3-13-32(14-4-2)28(35)33-15-10-21-22(6-5-7-25(21)33)26(34)24-18-31-27-23(24)16-20(17-30-27)19-8-11-29-12-9-19/h5-12,15-18H,3-4,13-14H2,1-2H3,(H,30,31). The van der Waals surface area contributed by atoms with Crippen LogP contribution in [-0.4, -0.2) is 49.3 Å². The average molecular weight is 466 g/mol. The summed E-state index contributed by atoms with van der Waals surface area (Å²) < 4.78 is 1.65. The maximum atomic E-state index is 13.7. The lowest BCUT2D eigenvalue weighted by atomic mass is 9.99. The van der Waals surface area contributed by atoms with Crippen molar-refractivity contribution >= 4 is 33.8 Å². The van der Waals surface area contributed by atoms with Gasteiger partial charge in [0.25, 0.3) is 0 Å². The Morgan fingerprint density at radius 3 is 2.46 bits per heavy atom. The zero-order valence-corrected chi connectivity index (χ0v) is 19.9. The largest absolute Gasteiger partial charge is 0.345 e. The lowest BCUT2D eigenvalue weighted by Crippen LogP contribution is -2.35. The van der Waals surface area contributed by atoms with Crippen LogP contribution in [0.5, 0.6) is 0 Å². The van der Waals surface area contributed by atoms with Gasteiger partial charge in [0.05, 0.1) is 5.52 Å². The molecule has 0 aliphatic rings. The van der Waals surface area contributed by atoms with Crippen LogP contribution in [0.4, 0.5) is 4.79 Å². The predicted molar refractivity (Wildman–Crippen MR) is 138 cm³/mol. The summed E-state index contributed by atoms with van der Waals surface area (Å²) in [5.74, 6) is -0.111. The SMILES string of the molecule is CCCN(CCC)C(=O)n1ccc2c(C(=O)c3c[nH]c4ncc(-c5ccncc5)cc34)cccc21. The molecule has 7 nitrogen and oxygen atoms in total. The number of pyridine rings is 2. The zero-order chi connectivity index (χ0) is 24.4. The van der Waals surface area contributed by atoms with Gasteiger partial charge in [0.15, 0.2) is 5.78 Å². The Morgan fingerprint density at radius 1 is 0.943 bits per heavy atom. The Bertz CT molecular complexity index is 1510. The van der Waals surface area contributed by atoms with E-state index in [9.17, 15) is 9.59 Å². The second kappa shape index (κ2) is 9.54. The Balaban J connectivity index is 1.55. The maximum Gasteiger partial charge on any atom is 0.328 e. The monoisotopic (exact) mass is 465 g/mol. The summed E-state index contributed by atoms with van der Waals surface area (Å²) in [5.41, 5.74) is 4.38. The van der Waals surface area contributed by atoms with Crippen LogP contribution in [0.2, 0.25) is 0 Å². The van der Waals surface area contributed by atoms with E-state index in [-0.39, 0.29) is 11.8 Å². The number of fused-ring (bicyclic) bond motifs is 2. The molecule has 5 aromatic rings. The maximum absolute atomic E-state index is 13.7. The molecule has 1 amide bonds. The van der Waals surface area contributed by atoms with Crippen molar-refractivity contribution in [1.29, 1.82) is 0 Å². The normalized spacial score (nSPS) is 11.3. The molecular weight excluding hydrogens is 438 g/mol. The number of carbonyl (C=O) groups is 2. The molecule has 0 saturated heterocycles. The third-order valence-electron chi connectivity index (χ3n) is 6.23. The van der Waals surface area contributed by atoms with Gasteiger partial charge >= 0.3 is 6.03 Å². The first-order valence-electron chi connectivity index (χ1n) is 11.9. The van der Waals surface area contributed by atoms with Gasteiger partial charge in [-0.3, -0.25) is 14.3 Å².